The second-order valence-corrected chi connectivity index (χ2v) is 13.3. The summed E-state index contributed by atoms with van der Waals surface area (Å²) in [5.41, 5.74) is 11.7. The van der Waals surface area contributed by atoms with Gasteiger partial charge in [-0.2, -0.15) is 0 Å². The van der Waals surface area contributed by atoms with Crippen molar-refractivity contribution >= 4 is 32.6 Å². The Kier molecular flexibility index (Phi) is 8.50. The van der Waals surface area contributed by atoms with E-state index in [2.05, 4.69) is 38.5 Å². The molecule has 44 heavy (non-hydrogen) atoms. The minimum atomic E-state index is -3.80. The molecule has 1 atom stereocenters. The Labute approximate surface area is 259 Å². The predicted molar refractivity (Wildman–Crippen MR) is 176 cm³/mol. The van der Waals surface area contributed by atoms with Crippen molar-refractivity contribution in [2.75, 3.05) is 17.8 Å². The molecule has 226 valence electrons. The van der Waals surface area contributed by atoms with Crippen LogP contribution in [0.2, 0.25) is 0 Å². The second-order valence-electron chi connectivity index (χ2n) is 11.7. The van der Waals surface area contributed by atoms with E-state index in [0.29, 0.717) is 22.1 Å². The molecule has 5 aromatic rings. The normalized spacial score (nSPS) is 15.5. The molecule has 1 saturated heterocycles. The number of imidazole rings is 1. The molecule has 2 heterocycles. The van der Waals surface area contributed by atoms with Crippen LogP contribution in [-0.2, 0) is 42.9 Å². The Morgan fingerprint density at radius 3 is 2.48 bits per heavy atom. The number of sulfonamides is 1. The van der Waals surface area contributed by atoms with E-state index in [1.807, 2.05) is 55.6 Å². The number of nitrogen functional groups attached to an aromatic ring is 1. The summed E-state index contributed by atoms with van der Waals surface area (Å²) >= 11 is 0. The topological polar surface area (TPSA) is 117 Å². The van der Waals surface area contributed by atoms with Crippen molar-refractivity contribution in [1.29, 1.82) is 5.41 Å². The molecule has 6 rings (SSSR count). The maximum Gasteiger partial charge on any atom is 0.262 e. The van der Waals surface area contributed by atoms with Crippen LogP contribution in [-0.4, -0.2) is 41.8 Å². The van der Waals surface area contributed by atoms with Crippen molar-refractivity contribution in [2.24, 2.45) is 18.7 Å². The second kappa shape index (κ2) is 12.6. The van der Waals surface area contributed by atoms with E-state index in [0.717, 1.165) is 73.3 Å². The van der Waals surface area contributed by atoms with Crippen molar-refractivity contribution in [3.05, 3.63) is 125 Å². The van der Waals surface area contributed by atoms with Crippen LogP contribution in [0.15, 0.2) is 102 Å². The number of hydrogen-bond acceptors (Lipinski definition) is 5. The van der Waals surface area contributed by atoms with Crippen molar-refractivity contribution in [3.8, 4) is 0 Å². The van der Waals surface area contributed by atoms with Crippen LogP contribution < -0.4 is 10.5 Å². The van der Waals surface area contributed by atoms with Crippen LogP contribution in [0.25, 0.3) is 11.0 Å². The minimum Gasteiger partial charge on any atom is -0.384 e. The van der Waals surface area contributed by atoms with Gasteiger partial charge in [0.25, 0.3) is 10.0 Å². The molecule has 4 N–H and O–H groups in total. The number of hydrogen-bond donors (Lipinski definition) is 3. The molecule has 0 aliphatic carbocycles. The Hall–Kier alpha value is -4.47. The number of nitrogens with one attached hydrogen (secondary N) is 2. The molecular formula is C35H38N6O2S. The summed E-state index contributed by atoms with van der Waals surface area (Å²) in [7, 11) is -1.82. The first kappa shape index (κ1) is 29.6. The number of fused-ring (bicyclic) bond motifs is 1. The van der Waals surface area contributed by atoms with Gasteiger partial charge in [0.2, 0.25) is 0 Å². The highest BCUT2D eigenvalue weighted by Gasteiger charge is 2.26. The van der Waals surface area contributed by atoms with E-state index in [-0.39, 0.29) is 5.84 Å². The third-order valence-electron chi connectivity index (χ3n) is 8.52. The molecular weight excluding hydrogens is 568 g/mol. The highest BCUT2D eigenvalue weighted by atomic mass is 32.2. The van der Waals surface area contributed by atoms with Crippen LogP contribution >= 0.6 is 0 Å². The molecule has 1 aliphatic heterocycles. The zero-order valence-corrected chi connectivity index (χ0v) is 25.7. The molecule has 1 aliphatic rings. The molecule has 0 amide bonds. The lowest BCUT2D eigenvalue weighted by Gasteiger charge is -2.17. The maximum atomic E-state index is 13.7. The Balaban J connectivity index is 1.13. The highest BCUT2D eigenvalue weighted by molar-refractivity contribution is 7.92. The zero-order chi connectivity index (χ0) is 30.7. The number of likely N-dealkylation sites (tertiary alicyclic amines) is 1. The molecule has 4 aromatic carbocycles. The molecule has 1 unspecified atom stereocenters. The lowest BCUT2D eigenvalue weighted by Crippen LogP contribution is -2.21. The number of anilines is 1. The minimum absolute atomic E-state index is 0.0569. The van der Waals surface area contributed by atoms with Crippen LogP contribution in [0.4, 0.5) is 5.69 Å². The first-order valence-electron chi connectivity index (χ1n) is 15.0. The number of aromatic nitrogens is 2. The van der Waals surface area contributed by atoms with Crippen LogP contribution in [0.5, 0.6) is 0 Å². The van der Waals surface area contributed by atoms with E-state index < -0.39 is 10.0 Å². The summed E-state index contributed by atoms with van der Waals surface area (Å²) in [5.74, 6) is 1.38. The van der Waals surface area contributed by atoms with Gasteiger partial charge in [0.05, 0.1) is 21.6 Å². The number of rotatable bonds is 11. The summed E-state index contributed by atoms with van der Waals surface area (Å²) in [6.07, 6.45) is 3.29. The predicted octanol–water partition coefficient (Wildman–Crippen LogP) is 5.51. The number of nitrogens with two attached hydrogens (primary N) is 1. The number of benzene rings is 4. The molecule has 0 bridgehead atoms. The van der Waals surface area contributed by atoms with Crippen LogP contribution in [0.3, 0.4) is 0 Å². The third-order valence-corrected chi connectivity index (χ3v) is 10.00. The molecule has 0 radical (unpaired) electrons. The molecule has 8 nitrogen and oxygen atoms in total. The summed E-state index contributed by atoms with van der Waals surface area (Å²) < 4.78 is 32.2. The van der Waals surface area contributed by atoms with Gasteiger partial charge in [0, 0.05) is 32.1 Å². The largest absolute Gasteiger partial charge is 0.384 e. The van der Waals surface area contributed by atoms with Crippen LogP contribution in [0.1, 0.15) is 34.5 Å². The molecule has 0 saturated carbocycles. The SMILES string of the molecule is Cn1c(CCc2ccc(C(=N)N)cc2)nc2cc(NS(=O)(=O)c3ccccc3CC3CCN(Cc4ccccc4)C3)ccc21. The van der Waals surface area contributed by atoms with Gasteiger partial charge in [-0.05, 0) is 72.7 Å². The monoisotopic (exact) mass is 606 g/mol. The average molecular weight is 607 g/mol. The highest BCUT2D eigenvalue weighted by Crippen LogP contribution is 2.28. The van der Waals surface area contributed by atoms with Gasteiger partial charge >= 0.3 is 0 Å². The average Bonchev–Trinajstić information content (AvgIpc) is 3.59. The Morgan fingerprint density at radius 2 is 1.70 bits per heavy atom. The van der Waals surface area contributed by atoms with Gasteiger partial charge in [-0.15, -0.1) is 0 Å². The van der Waals surface area contributed by atoms with E-state index >= 15 is 0 Å². The fraction of sp³-hybridized carbons (Fsp3) is 0.257. The van der Waals surface area contributed by atoms with E-state index in [1.54, 1.807) is 24.3 Å². The van der Waals surface area contributed by atoms with E-state index in [4.69, 9.17) is 16.1 Å². The number of aryl methyl sites for hydroxylation is 3. The van der Waals surface area contributed by atoms with Gasteiger partial charge < -0.3 is 10.3 Å². The van der Waals surface area contributed by atoms with Gasteiger partial charge in [-0.1, -0.05) is 72.8 Å². The molecule has 0 spiro atoms. The summed E-state index contributed by atoms with van der Waals surface area (Å²) in [6, 6.07) is 31.0. The fourth-order valence-electron chi connectivity index (χ4n) is 6.16. The van der Waals surface area contributed by atoms with Crippen molar-refractivity contribution < 1.29 is 8.42 Å². The van der Waals surface area contributed by atoms with Crippen molar-refractivity contribution in [2.45, 2.75) is 37.1 Å². The summed E-state index contributed by atoms with van der Waals surface area (Å²) in [6.45, 7) is 2.90. The fourth-order valence-corrected chi connectivity index (χ4v) is 7.47. The Bertz CT molecular complexity index is 1880. The van der Waals surface area contributed by atoms with Crippen molar-refractivity contribution in [3.63, 3.8) is 0 Å². The first-order valence-corrected chi connectivity index (χ1v) is 16.5. The quantitative estimate of drug-likeness (QED) is 0.135. The summed E-state index contributed by atoms with van der Waals surface area (Å²) in [4.78, 5) is 7.62. The van der Waals surface area contributed by atoms with E-state index in [9.17, 15) is 8.42 Å². The number of amidine groups is 1. The lowest BCUT2D eigenvalue weighted by atomic mass is 9.99. The smallest absolute Gasteiger partial charge is 0.262 e. The van der Waals surface area contributed by atoms with Gasteiger partial charge in [0.1, 0.15) is 11.7 Å². The molecule has 1 fully saturated rings. The third kappa shape index (κ3) is 6.69. The number of nitrogens with zero attached hydrogens (tertiary/aromatic N) is 3. The summed E-state index contributed by atoms with van der Waals surface area (Å²) in [5, 5.41) is 7.57. The maximum absolute atomic E-state index is 13.7. The van der Waals surface area contributed by atoms with Crippen LogP contribution in [0, 0.1) is 11.3 Å². The molecule has 9 heteroatoms. The Morgan fingerprint density at radius 1 is 0.955 bits per heavy atom. The standard InChI is InChI=1S/C35H38N6O2S/c1-40-32-17-16-30(22-31(32)38-34(40)18-13-25-11-14-28(15-12-25)35(36)37)39-44(42,43)33-10-6-5-9-29(33)21-27-19-20-41(24-27)23-26-7-3-2-4-8-26/h2-12,14-17,22,27,39H,13,18-21,23-24H2,1H3,(H3,36,37). The van der Waals surface area contributed by atoms with Gasteiger partial charge in [0.15, 0.2) is 0 Å². The van der Waals surface area contributed by atoms with Gasteiger partial charge in [-0.25, -0.2) is 13.4 Å². The lowest BCUT2D eigenvalue weighted by molar-refractivity contribution is 0.316. The molecule has 1 aromatic heterocycles. The van der Waals surface area contributed by atoms with E-state index in [1.165, 1.54) is 5.56 Å². The van der Waals surface area contributed by atoms with Crippen molar-refractivity contribution in [1.82, 2.24) is 14.5 Å². The zero-order valence-electron chi connectivity index (χ0n) is 24.9. The first-order chi connectivity index (χ1) is 21.2. The van der Waals surface area contributed by atoms with Gasteiger partial charge in [-0.3, -0.25) is 15.0 Å².